The van der Waals surface area contributed by atoms with Gasteiger partial charge in [0.2, 0.25) is 10.0 Å². The molecule has 1 amide bonds. The fourth-order valence-electron chi connectivity index (χ4n) is 3.88. The summed E-state index contributed by atoms with van der Waals surface area (Å²) >= 11 is 6.14. The molecule has 182 valence electrons. The first-order valence-corrected chi connectivity index (χ1v) is 13.3. The number of nitrogens with zero attached hydrogens (tertiary/aromatic N) is 1. The SMILES string of the molecule is CN(C)Cc1ccc(NC(=C2C(=O)Nc3cc(Cl)ccc32)c2ccc(CNS(C)(=O)=O)cc2)cc1. The fourth-order valence-corrected chi connectivity index (χ4v) is 4.48. The van der Waals surface area contributed by atoms with Crippen molar-refractivity contribution < 1.29 is 13.2 Å². The van der Waals surface area contributed by atoms with E-state index in [1.165, 1.54) is 5.56 Å². The van der Waals surface area contributed by atoms with E-state index >= 15 is 0 Å². The minimum Gasteiger partial charge on any atom is -0.354 e. The van der Waals surface area contributed by atoms with E-state index in [2.05, 4.69) is 20.3 Å². The number of nitrogens with one attached hydrogen (secondary N) is 3. The molecule has 9 heteroatoms. The van der Waals surface area contributed by atoms with Crippen LogP contribution < -0.4 is 15.4 Å². The molecule has 0 spiro atoms. The Morgan fingerprint density at radius 3 is 2.26 bits per heavy atom. The van der Waals surface area contributed by atoms with Crippen LogP contribution in [0, 0.1) is 0 Å². The van der Waals surface area contributed by atoms with Crippen molar-refractivity contribution in [2.45, 2.75) is 13.1 Å². The largest absolute Gasteiger partial charge is 0.354 e. The number of anilines is 2. The molecule has 0 unspecified atom stereocenters. The number of amides is 1. The van der Waals surface area contributed by atoms with Gasteiger partial charge < -0.3 is 15.5 Å². The van der Waals surface area contributed by atoms with Crippen LogP contribution in [0.3, 0.4) is 0 Å². The lowest BCUT2D eigenvalue weighted by molar-refractivity contribution is -0.110. The van der Waals surface area contributed by atoms with Crippen molar-refractivity contribution in [1.82, 2.24) is 9.62 Å². The molecule has 1 heterocycles. The lowest BCUT2D eigenvalue weighted by Gasteiger charge is -2.16. The third-order valence-electron chi connectivity index (χ3n) is 5.48. The van der Waals surface area contributed by atoms with Crippen LogP contribution in [0.5, 0.6) is 0 Å². The zero-order chi connectivity index (χ0) is 25.2. The number of benzene rings is 3. The highest BCUT2D eigenvalue weighted by Gasteiger charge is 2.28. The van der Waals surface area contributed by atoms with E-state index in [1.54, 1.807) is 12.1 Å². The molecule has 0 fully saturated rings. The Labute approximate surface area is 210 Å². The molecule has 7 nitrogen and oxygen atoms in total. The van der Waals surface area contributed by atoms with Crippen molar-refractivity contribution in [3.8, 4) is 0 Å². The van der Waals surface area contributed by atoms with Crippen LogP contribution >= 0.6 is 11.6 Å². The average molecular weight is 511 g/mol. The number of carbonyl (C=O) groups excluding carboxylic acids is 1. The van der Waals surface area contributed by atoms with Gasteiger partial charge in [-0.1, -0.05) is 54.1 Å². The van der Waals surface area contributed by atoms with Crippen molar-refractivity contribution in [1.29, 1.82) is 0 Å². The summed E-state index contributed by atoms with van der Waals surface area (Å²) in [6.45, 7) is 1.02. The van der Waals surface area contributed by atoms with Gasteiger partial charge in [-0.3, -0.25) is 4.79 Å². The first kappa shape index (κ1) is 24.9. The van der Waals surface area contributed by atoms with Gasteiger partial charge in [0.05, 0.1) is 23.2 Å². The first-order chi connectivity index (χ1) is 16.6. The molecule has 1 aliphatic rings. The van der Waals surface area contributed by atoms with E-state index in [1.807, 2.05) is 68.7 Å². The molecular formula is C26H27ClN4O3S. The first-order valence-electron chi connectivity index (χ1n) is 11.0. The number of sulfonamides is 1. The van der Waals surface area contributed by atoms with Crippen LogP contribution in [-0.2, 0) is 27.9 Å². The van der Waals surface area contributed by atoms with Gasteiger partial charge in [-0.2, -0.15) is 0 Å². The molecule has 0 saturated carbocycles. The summed E-state index contributed by atoms with van der Waals surface area (Å²) in [4.78, 5) is 15.2. The summed E-state index contributed by atoms with van der Waals surface area (Å²) in [6.07, 6.45) is 1.13. The van der Waals surface area contributed by atoms with E-state index < -0.39 is 10.0 Å². The topological polar surface area (TPSA) is 90.5 Å². The van der Waals surface area contributed by atoms with Gasteiger partial charge in [0.25, 0.3) is 5.91 Å². The molecule has 3 aromatic carbocycles. The monoisotopic (exact) mass is 510 g/mol. The minimum atomic E-state index is -3.30. The third kappa shape index (κ3) is 6.29. The minimum absolute atomic E-state index is 0.188. The van der Waals surface area contributed by atoms with Crippen LogP contribution in [0.25, 0.3) is 11.3 Å². The number of hydrogen-bond donors (Lipinski definition) is 3. The normalized spacial score (nSPS) is 14.6. The molecule has 0 aliphatic carbocycles. The number of fused-ring (bicyclic) bond motifs is 1. The Morgan fingerprint density at radius 2 is 1.63 bits per heavy atom. The maximum absolute atomic E-state index is 13.1. The van der Waals surface area contributed by atoms with Crippen LogP contribution in [0.15, 0.2) is 66.7 Å². The van der Waals surface area contributed by atoms with Crippen LogP contribution in [0.4, 0.5) is 11.4 Å². The summed E-state index contributed by atoms with van der Waals surface area (Å²) in [5.41, 5.74) is 6.19. The highest BCUT2D eigenvalue weighted by atomic mass is 35.5. The molecule has 3 aromatic rings. The third-order valence-corrected chi connectivity index (χ3v) is 6.38. The molecular weight excluding hydrogens is 484 g/mol. The molecule has 0 atom stereocenters. The number of halogens is 1. The molecule has 3 N–H and O–H groups in total. The second-order valence-corrected chi connectivity index (χ2v) is 11.0. The summed E-state index contributed by atoms with van der Waals surface area (Å²) < 4.78 is 25.4. The van der Waals surface area contributed by atoms with E-state index in [9.17, 15) is 13.2 Å². The number of carbonyl (C=O) groups is 1. The van der Waals surface area contributed by atoms with Crippen molar-refractivity contribution >= 4 is 50.2 Å². The Balaban J connectivity index is 1.74. The Morgan fingerprint density at radius 1 is 0.971 bits per heavy atom. The summed E-state index contributed by atoms with van der Waals surface area (Å²) in [5.74, 6) is -0.225. The highest BCUT2D eigenvalue weighted by molar-refractivity contribution is 7.88. The molecule has 0 aromatic heterocycles. The zero-order valence-corrected chi connectivity index (χ0v) is 21.3. The molecule has 0 saturated heterocycles. The van der Waals surface area contributed by atoms with Crippen molar-refractivity contribution in [3.63, 3.8) is 0 Å². The van der Waals surface area contributed by atoms with Crippen molar-refractivity contribution in [2.24, 2.45) is 0 Å². The molecule has 35 heavy (non-hydrogen) atoms. The van der Waals surface area contributed by atoms with Gasteiger partial charge in [-0.05, 0) is 55.1 Å². The lowest BCUT2D eigenvalue weighted by atomic mass is 9.99. The van der Waals surface area contributed by atoms with E-state index in [4.69, 9.17) is 11.6 Å². The van der Waals surface area contributed by atoms with Crippen LogP contribution in [-0.4, -0.2) is 39.6 Å². The van der Waals surface area contributed by atoms with Gasteiger partial charge in [-0.15, -0.1) is 0 Å². The van der Waals surface area contributed by atoms with Gasteiger partial charge in [0, 0.05) is 29.4 Å². The Hall–Kier alpha value is -3.17. The van der Waals surface area contributed by atoms with Gasteiger partial charge >= 0.3 is 0 Å². The predicted molar refractivity (Wildman–Crippen MR) is 142 cm³/mol. The predicted octanol–water partition coefficient (Wildman–Crippen LogP) is 4.38. The Kier molecular flexibility index (Phi) is 7.28. The summed E-state index contributed by atoms with van der Waals surface area (Å²) in [6, 6.07) is 20.8. The molecule has 1 aliphatic heterocycles. The Bertz CT molecular complexity index is 1380. The van der Waals surface area contributed by atoms with E-state index in [0.717, 1.165) is 35.2 Å². The van der Waals surface area contributed by atoms with Gasteiger partial charge in [-0.25, -0.2) is 13.1 Å². The van der Waals surface area contributed by atoms with E-state index in [-0.39, 0.29) is 12.5 Å². The quantitative estimate of drug-likeness (QED) is 0.391. The van der Waals surface area contributed by atoms with Crippen LogP contribution in [0.1, 0.15) is 22.3 Å². The summed E-state index contributed by atoms with van der Waals surface area (Å²) in [7, 11) is 0.744. The maximum atomic E-state index is 13.1. The summed E-state index contributed by atoms with van der Waals surface area (Å²) in [5, 5.41) is 6.88. The van der Waals surface area contributed by atoms with E-state index in [0.29, 0.717) is 22.0 Å². The number of rotatable bonds is 8. The second kappa shape index (κ2) is 10.2. The van der Waals surface area contributed by atoms with Gasteiger partial charge in [0.1, 0.15) is 0 Å². The zero-order valence-electron chi connectivity index (χ0n) is 19.7. The standard InChI is InChI=1S/C26H27ClN4O3S/c1-31(2)16-18-6-11-21(12-7-18)29-25(19-8-4-17(5-9-19)15-28-35(3,33)34)24-22-13-10-20(27)14-23(22)30-26(24)32/h4-14,28-29H,15-16H2,1-3H3,(H,30,32). The fraction of sp³-hybridized carbons (Fsp3) is 0.192. The van der Waals surface area contributed by atoms with Gasteiger partial charge in [0.15, 0.2) is 0 Å². The van der Waals surface area contributed by atoms with Crippen molar-refractivity contribution in [3.05, 3.63) is 94.0 Å². The van der Waals surface area contributed by atoms with Crippen molar-refractivity contribution in [2.75, 3.05) is 31.0 Å². The van der Waals surface area contributed by atoms with Crippen LogP contribution in [0.2, 0.25) is 5.02 Å². The second-order valence-electron chi connectivity index (χ2n) is 8.74. The maximum Gasteiger partial charge on any atom is 0.258 e. The number of hydrogen-bond acceptors (Lipinski definition) is 5. The molecule has 4 rings (SSSR count). The smallest absolute Gasteiger partial charge is 0.258 e. The molecule has 0 bridgehead atoms. The molecule has 0 radical (unpaired) electrons. The average Bonchev–Trinajstić information content (AvgIpc) is 3.11. The lowest BCUT2D eigenvalue weighted by Crippen LogP contribution is -2.21. The highest BCUT2D eigenvalue weighted by Crippen LogP contribution is 2.38.